The zero-order valence-electron chi connectivity index (χ0n) is 14.2. The molecule has 2 N–H and O–H groups in total. The van der Waals surface area contributed by atoms with Gasteiger partial charge < -0.3 is 5.73 Å². The van der Waals surface area contributed by atoms with E-state index in [4.69, 9.17) is 5.73 Å². The van der Waals surface area contributed by atoms with E-state index in [0.717, 1.165) is 24.2 Å². The molecule has 6 atom stereocenters. The van der Waals surface area contributed by atoms with Crippen molar-refractivity contribution in [2.75, 3.05) is 0 Å². The fourth-order valence-corrected chi connectivity index (χ4v) is 7.22. The van der Waals surface area contributed by atoms with Crippen molar-refractivity contribution in [1.82, 2.24) is 0 Å². The van der Waals surface area contributed by atoms with E-state index in [1.165, 1.54) is 51.4 Å². The minimum Gasteiger partial charge on any atom is -0.369 e. The minimum atomic E-state index is -0.0382. The van der Waals surface area contributed by atoms with Gasteiger partial charge in [0.1, 0.15) is 0 Å². The Hall–Kier alpha value is -0.790. The second kappa shape index (κ2) is 4.85. The molecular weight excluding hydrogens is 270 g/mol. The van der Waals surface area contributed by atoms with Gasteiger partial charge in [0.25, 0.3) is 0 Å². The first-order chi connectivity index (χ1) is 10.5. The number of nitrogens with two attached hydrogens (primary N) is 1. The molecule has 22 heavy (non-hydrogen) atoms. The van der Waals surface area contributed by atoms with Crippen LogP contribution in [0.5, 0.6) is 0 Å². The van der Waals surface area contributed by atoms with Crippen LogP contribution in [-0.2, 0) is 4.79 Å². The molecule has 0 aromatic rings. The van der Waals surface area contributed by atoms with E-state index in [1.807, 2.05) is 0 Å². The quantitative estimate of drug-likeness (QED) is 0.715. The predicted octanol–water partition coefficient (Wildman–Crippen LogP) is 4.44. The third kappa shape index (κ3) is 1.82. The number of carbonyl (C=O) groups is 1. The average molecular weight is 301 g/mol. The van der Waals surface area contributed by atoms with Crippen LogP contribution < -0.4 is 5.73 Å². The van der Waals surface area contributed by atoms with Gasteiger partial charge in [-0.2, -0.15) is 0 Å². The van der Waals surface area contributed by atoms with E-state index in [1.54, 1.807) is 5.57 Å². The first kappa shape index (κ1) is 14.8. The van der Waals surface area contributed by atoms with Crippen molar-refractivity contribution in [3.05, 3.63) is 11.6 Å². The molecule has 122 valence electrons. The largest absolute Gasteiger partial charge is 0.369 e. The average Bonchev–Trinajstić information content (AvgIpc) is 2.84. The highest BCUT2D eigenvalue weighted by Gasteiger charge is 2.59. The monoisotopic (exact) mass is 301 g/mol. The zero-order valence-corrected chi connectivity index (χ0v) is 14.2. The number of primary amides is 1. The summed E-state index contributed by atoms with van der Waals surface area (Å²) >= 11 is 0. The van der Waals surface area contributed by atoms with Gasteiger partial charge in [0.2, 0.25) is 5.91 Å². The lowest BCUT2D eigenvalue weighted by molar-refractivity contribution is -0.128. The molecule has 0 radical (unpaired) electrons. The van der Waals surface area contributed by atoms with Crippen LogP contribution in [0.2, 0.25) is 0 Å². The third-order valence-electron chi connectivity index (χ3n) is 8.37. The van der Waals surface area contributed by atoms with Gasteiger partial charge in [-0.3, -0.25) is 4.79 Å². The maximum absolute atomic E-state index is 11.9. The first-order valence-corrected chi connectivity index (χ1v) is 9.45. The lowest BCUT2D eigenvalue weighted by Gasteiger charge is -2.58. The molecule has 0 spiro atoms. The second-order valence-electron chi connectivity index (χ2n) is 9.03. The van der Waals surface area contributed by atoms with Crippen LogP contribution in [0.15, 0.2) is 11.6 Å². The molecule has 0 bridgehead atoms. The SMILES string of the molecule is C[C@]12CCCC=C1CC[C@@H]1[C@@H]2CC[C@]2(C)C(C(N)=O)CC[C@@H]12. The molecule has 4 aliphatic carbocycles. The molecule has 0 heterocycles. The molecule has 0 saturated heterocycles. The van der Waals surface area contributed by atoms with E-state index in [0.29, 0.717) is 5.41 Å². The fourth-order valence-electron chi connectivity index (χ4n) is 7.22. The number of fused-ring (bicyclic) bond motifs is 5. The molecule has 1 unspecified atom stereocenters. The molecule has 3 saturated carbocycles. The highest BCUT2D eigenvalue weighted by atomic mass is 16.1. The summed E-state index contributed by atoms with van der Waals surface area (Å²) < 4.78 is 0. The summed E-state index contributed by atoms with van der Waals surface area (Å²) in [4.78, 5) is 11.9. The number of allylic oxidation sites excluding steroid dienone is 2. The van der Waals surface area contributed by atoms with Crippen LogP contribution in [0, 0.1) is 34.5 Å². The summed E-state index contributed by atoms with van der Waals surface area (Å²) in [5.74, 6) is 2.53. The van der Waals surface area contributed by atoms with Gasteiger partial charge in [0.15, 0.2) is 0 Å². The van der Waals surface area contributed by atoms with Crippen LogP contribution in [0.3, 0.4) is 0 Å². The Morgan fingerprint density at radius 3 is 2.73 bits per heavy atom. The molecular formula is C20H31NO. The molecule has 0 aromatic heterocycles. The van der Waals surface area contributed by atoms with Crippen molar-refractivity contribution in [3.8, 4) is 0 Å². The van der Waals surface area contributed by atoms with Crippen LogP contribution in [0.25, 0.3) is 0 Å². The Morgan fingerprint density at radius 1 is 1.14 bits per heavy atom. The number of carbonyl (C=O) groups excluding carboxylic acids is 1. The maximum Gasteiger partial charge on any atom is 0.221 e. The van der Waals surface area contributed by atoms with Gasteiger partial charge in [-0.05, 0) is 86.4 Å². The zero-order chi connectivity index (χ0) is 15.5. The number of hydrogen-bond donors (Lipinski definition) is 1. The van der Waals surface area contributed by atoms with Crippen LogP contribution in [0.4, 0.5) is 0 Å². The lowest BCUT2D eigenvalue weighted by atomic mass is 9.47. The maximum atomic E-state index is 11.9. The highest BCUT2D eigenvalue weighted by molar-refractivity contribution is 5.78. The molecule has 0 aliphatic heterocycles. The van der Waals surface area contributed by atoms with Gasteiger partial charge in [-0.25, -0.2) is 0 Å². The molecule has 4 rings (SSSR count). The summed E-state index contributed by atoms with van der Waals surface area (Å²) in [6.45, 7) is 4.93. The van der Waals surface area contributed by atoms with Gasteiger partial charge in [0.05, 0.1) is 0 Å². The van der Waals surface area contributed by atoms with Gasteiger partial charge >= 0.3 is 0 Å². The smallest absolute Gasteiger partial charge is 0.221 e. The van der Waals surface area contributed by atoms with E-state index >= 15 is 0 Å². The molecule has 2 nitrogen and oxygen atoms in total. The van der Waals surface area contributed by atoms with E-state index in [2.05, 4.69) is 19.9 Å². The molecule has 0 aromatic carbocycles. The number of rotatable bonds is 1. The lowest BCUT2D eigenvalue weighted by Crippen LogP contribution is -2.51. The molecule has 3 fully saturated rings. The molecule has 2 heteroatoms. The van der Waals surface area contributed by atoms with Crippen molar-refractivity contribution in [2.24, 2.45) is 40.2 Å². The topological polar surface area (TPSA) is 43.1 Å². The van der Waals surface area contributed by atoms with Crippen molar-refractivity contribution in [1.29, 1.82) is 0 Å². The Balaban J connectivity index is 1.67. The van der Waals surface area contributed by atoms with E-state index in [9.17, 15) is 4.79 Å². The van der Waals surface area contributed by atoms with Gasteiger partial charge in [0, 0.05) is 5.92 Å². The van der Waals surface area contributed by atoms with Gasteiger partial charge in [-0.1, -0.05) is 25.5 Å². The normalized spacial score (nSPS) is 50.5. The Morgan fingerprint density at radius 2 is 1.95 bits per heavy atom. The Kier molecular flexibility index (Phi) is 3.26. The summed E-state index contributed by atoms with van der Waals surface area (Å²) in [5.41, 5.74) is 8.17. The third-order valence-corrected chi connectivity index (χ3v) is 8.37. The predicted molar refractivity (Wildman–Crippen MR) is 89.0 cm³/mol. The fraction of sp³-hybridized carbons (Fsp3) is 0.850. The Labute approximate surface area is 134 Å². The van der Waals surface area contributed by atoms with Crippen LogP contribution in [0.1, 0.15) is 71.6 Å². The Bertz CT molecular complexity index is 524. The van der Waals surface area contributed by atoms with Crippen molar-refractivity contribution in [2.45, 2.75) is 71.6 Å². The summed E-state index contributed by atoms with van der Waals surface area (Å²) in [7, 11) is 0. The molecule has 4 aliphatic rings. The van der Waals surface area contributed by atoms with E-state index < -0.39 is 0 Å². The summed E-state index contributed by atoms with van der Waals surface area (Å²) in [6.07, 6.45) is 14.1. The second-order valence-corrected chi connectivity index (χ2v) is 9.03. The number of hydrogen-bond acceptors (Lipinski definition) is 1. The van der Waals surface area contributed by atoms with Crippen molar-refractivity contribution in [3.63, 3.8) is 0 Å². The van der Waals surface area contributed by atoms with Crippen LogP contribution >= 0.6 is 0 Å². The highest BCUT2D eigenvalue weighted by Crippen LogP contribution is 2.66. The first-order valence-electron chi connectivity index (χ1n) is 9.45. The number of amides is 1. The molecule has 1 amide bonds. The van der Waals surface area contributed by atoms with E-state index in [-0.39, 0.29) is 17.2 Å². The van der Waals surface area contributed by atoms with Crippen LogP contribution in [-0.4, -0.2) is 5.91 Å². The minimum absolute atomic E-state index is 0.0382. The van der Waals surface area contributed by atoms with Gasteiger partial charge in [-0.15, -0.1) is 0 Å². The standard InChI is InChI=1S/C20H31NO/c1-19-11-4-3-5-13(19)6-7-14-15-8-9-17(18(21)22)20(15,2)12-10-16(14)19/h5,14-17H,3-4,6-12H2,1-2H3,(H2,21,22)/t14-,15-,16-,17?,19-,20-/m0/s1. The summed E-state index contributed by atoms with van der Waals surface area (Å²) in [6, 6.07) is 0. The summed E-state index contributed by atoms with van der Waals surface area (Å²) in [5, 5.41) is 0. The van der Waals surface area contributed by atoms with Crippen molar-refractivity contribution < 1.29 is 4.79 Å². The van der Waals surface area contributed by atoms with Crippen molar-refractivity contribution >= 4 is 5.91 Å².